The van der Waals surface area contributed by atoms with Gasteiger partial charge in [0.15, 0.2) is 0 Å². The molecule has 2 fully saturated rings. The van der Waals surface area contributed by atoms with Gasteiger partial charge in [-0.25, -0.2) is 4.79 Å². The number of amides is 1. The summed E-state index contributed by atoms with van der Waals surface area (Å²) in [4.78, 5) is 23.4. The second-order valence-corrected chi connectivity index (χ2v) is 6.62. The number of nitrogens with one attached hydrogen (secondary N) is 1. The third kappa shape index (κ3) is 3.05. The quantitative estimate of drug-likeness (QED) is 0.889. The van der Waals surface area contributed by atoms with E-state index in [1.807, 2.05) is 0 Å². The fourth-order valence-electron chi connectivity index (χ4n) is 3.87. The van der Waals surface area contributed by atoms with E-state index in [-0.39, 0.29) is 17.2 Å². The first-order chi connectivity index (χ1) is 10.0. The van der Waals surface area contributed by atoms with Crippen molar-refractivity contribution in [2.75, 3.05) is 5.32 Å². The standard InChI is InChI=1S/C16H18ClNO3/c17-12-3-4-13(16(20)21)14(8-12)18-15(19)7-11-6-9-1-2-10(11)5-9/h3-4,8-11H,1-2,5-7H2,(H,18,19)(H,20,21). The first-order valence-corrected chi connectivity index (χ1v) is 7.73. The summed E-state index contributed by atoms with van der Waals surface area (Å²) in [6, 6.07) is 4.41. The largest absolute Gasteiger partial charge is 0.478 e. The molecule has 2 N–H and O–H groups in total. The van der Waals surface area contributed by atoms with Gasteiger partial charge in [0.2, 0.25) is 5.91 Å². The van der Waals surface area contributed by atoms with Gasteiger partial charge in [0.1, 0.15) is 0 Å². The van der Waals surface area contributed by atoms with Gasteiger partial charge in [0, 0.05) is 11.4 Å². The Hall–Kier alpha value is -1.55. The average molecular weight is 308 g/mol. The highest BCUT2D eigenvalue weighted by atomic mass is 35.5. The predicted octanol–water partition coefficient (Wildman–Crippen LogP) is 3.80. The van der Waals surface area contributed by atoms with Crippen molar-refractivity contribution in [2.24, 2.45) is 17.8 Å². The zero-order valence-electron chi connectivity index (χ0n) is 11.6. The number of hydrogen-bond acceptors (Lipinski definition) is 2. The minimum absolute atomic E-state index is 0.0701. The van der Waals surface area contributed by atoms with Crippen LogP contribution < -0.4 is 5.32 Å². The van der Waals surface area contributed by atoms with Gasteiger partial charge in [-0.15, -0.1) is 0 Å². The molecule has 2 bridgehead atoms. The fourth-order valence-corrected chi connectivity index (χ4v) is 4.04. The highest BCUT2D eigenvalue weighted by Gasteiger charge is 2.40. The number of hydrogen-bond donors (Lipinski definition) is 2. The summed E-state index contributed by atoms with van der Waals surface area (Å²) in [6.07, 6.45) is 5.42. The molecule has 21 heavy (non-hydrogen) atoms. The summed E-state index contributed by atoms with van der Waals surface area (Å²) in [6.45, 7) is 0. The third-order valence-corrected chi connectivity index (χ3v) is 5.05. The summed E-state index contributed by atoms with van der Waals surface area (Å²) in [7, 11) is 0. The molecule has 0 aliphatic heterocycles. The zero-order valence-corrected chi connectivity index (χ0v) is 12.4. The van der Waals surface area contributed by atoms with E-state index in [0.29, 0.717) is 23.3 Å². The molecule has 3 atom stereocenters. The number of carboxylic acids is 1. The average Bonchev–Trinajstić information content (AvgIpc) is 3.00. The SMILES string of the molecule is O=C(CC1CC2CCC1C2)Nc1cc(Cl)ccc1C(=O)O. The molecule has 2 saturated carbocycles. The van der Waals surface area contributed by atoms with Gasteiger partial charge >= 0.3 is 5.97 Å². The normalized spacial score (nSPS) is 26.8. The molecule has 0 aromatic heterocycles. The monoisotopic (exact) mass is 307 g/mol. The Morgan fingerprint density at radius 3 is 2.71 bits per heavy atom. The number of halogens is 1. The summed E-state index contributed by atoms with van der Waals surface area (Å²) >= 11 is 5.88. The second kappa shape index (κ2) is 5.68. The lowest BCUT2D eigenvalue weighted by atomic mass is 9.86. The molecule has 0 radical (unpaired) electrons. The molecule has 1 aromatic rings. The minimum atomic E-state index is -1.07. The third-order valence-electron chi connectivity index (χ3n) is 4.82. The molecule has 3 unspecified atom stereocenters. The zero-order chi connectivity index (χ0) is 15.0. The molecule has 5 heteroatoms. The van der Waals surface area contributed by atoms with Crippen LogP contribution in [0.3, 0.4) is 0 Å². The smallest absolute Gasteiger partial charge is 0.337 e. The number of anilines is 1. The molecule has 1 aromatic carbocycles. The molecule has 0 heterocycles. The number of carboxylic acid groups (broad SMARTS) is 1. The van der Waals surface area contributed by atoms with E-state index >= 15 is 0 Å². The molecule has 0 saturated heterocycles. The molecule has 4 nitrogen and oxygen atoms in total. The van der Waals surface area contributed by atoms with Gasteiger partial charge in [-0.1, -0.05) is 18.0 Å². The van der Waals surface area contributed by atoms with Gasteiger partial charge < -0.3 is 10.4 Å². The van der Waals surface area contributed by atoms with Crippen molar-refractivity contribution in [2.45, 2.75) is 32.1 Å². The van der Waals surface area contributed by atoms with Crippen molar-refractivity contribution in [1.82, 2.24) is 0 Å². The van der Waals surface area contributed by atoms with Crippen LogP contribution >= 0.6 is 11.6 Å². The highest BCUT2D eigenvalue weighted by Crippen LogP contribution is 2.49. The highest BCUT2D eigenvalue weighted by molar-refractivity contribution is 6.31. The maximum absolute atomic E-state index is 12.2. The molecular formula is C16H18ClNO3. The van der Waals surface area contributed by atoms with Crippen LogP contribution in [0.1, 0.15) is 42.5 Å². The number of fused-ring (bicyclic) bond motifs is 2. The summed E-state index contributed by atoms with van der Waals surface area (Å²) < 4.78 is 0. The van der Waals surface area contributed by atoms with E-state index in [4.69, 9.17) is 16.7 Å². The van der Waals surface area contributed by atoms with Crippen LogP contribution in [-0.4, -0.2) is 17.0 Å². The van der Waals surface area contributed by atoms with E-state index in [2.05, 4.69) is 5.32 Å². The van der Waals surface area contributed by atoms with Crippen LogP contribution in [0.15, 0.2) is 18.2 Å². The molecule has 2 aliphatic rings. The molecule has 3 rings (SSSR count). The molecular weight excluding hydrogens is 290 g/mol. The number of rotatable bonds is 4. The maximum atomic E-state index is 12.2. The lowest BCUT2D eigenvalue weighted by molar-refractivity contribution is -0.117. The van der Waals surface area contributed by atoms with E-state index in [1.54, 1.807) is 0 Å². The summed E-state index contributed by atoms with van der Waals surface area (Å²) in [5, 5.41) is 12.3. The Kier molecular flexibility index (Phi) is 3.89. The van der Waals surface area contributed by atoms with Crippen molar-refractivity contribution in [3.63, 3.8) is 0 Å². The second-order valence-electron chi connectivity index (χ2n) is 6.18. The number of aromatic carboxylic acids is 1. The van der Waals surface area contributed by atoms with Crippen LogP contribution in [-0.2, 0) is 4.79 Å². The maximum Gasteiger partial charge on any atom is 0.337 e. The van der Waals surface area contributed by atoms with E-state index < -0.39 is 5.97 Å². The van der Waals surface area contributed by atoms with Gasteiger partial charge in [-0.05, 0) is 55.2 Å². The summed E-state index contributed by atoms with van der Waals surface area (Å²) in [5.41, 5.74) is 0.351. The van der Waals surface area contributed by atoms with E-state index in [9.17, 15) is 9.59 Å². The number of carbonyl (C=O) groups excluding carboxylic acids is 1. The van der Waals surface area contributed by atoms with Gasteiger partial charge in [0.25, 0.3) is 0 Å². The molecule has 0 spiro atoms. The van der Waals surface area contributed by atoms with Crippen molar-refractivity contribution in [3.05, 3.63) is 28.8 Å². The van der Waals surface area contributed by atoms with Crippen molar-refractivity contribution >= 4 is 29.2 Å². The van der Waals surface area contributed by atoms with Gasteiger partial charge in [0.05, 0.1) is 11.3 Å². The Morgan fingerprint density at radius 1 is 1.29 bits per heavy atom. The lowest BCUT2D eigenvalue weighted by Crippen LogP contribution is -2.21. The van der Waals surface area contributed by atoms with E-state index in [0.717, 1.165) is 12.3 Å². The number of benzene rings is 1. The van der Waals surface area contributed by atoms with Crippen LogP contribution in [0.5, 0.6) is 0 Å². The van der Waals surface area contributed by atoms with E-state index in [1.165, 1.54) is 37.5 Å². The van der Waals surface area contributed by atoms with Crippen LogP contribution in [0.4, 0.5) is 5.69 Å². The van der Waals surface area contributed by atoms with Gasteiger partial charge in [-0.2, -0.15) is 0 Å². The first-order valence-electron chi connectivity index (χ1n) is 7.35. The Labute approximate surface area is 128 Å². The Balaban J connectivity index is 1.67. The first kappa shape index (κ1) is 14.4. The molecule has 1 amide bonds. The summed E-state index contributed by atoms with van der Waals surface area (Å²) in [5.74, 6) is 0.753. The van der Waals surface area contributed by atoms with Crippen molar-refractivity contribution in [1.29, 1.82) is 0 Å². The fraction of sp³-hybridized carbons (Fsp3) is 0.500. The van der Waals surface area contributed by atoms with Crippen LogP contribution in [0.2, 0.25) is 5.02 Å². The van der Waals surface area contributed by atoms with Gasteiger partial charge in [-0.3, -0.25) is 4.79 Å². The lowest BCUT2D eigenvalue weighted by Gasteiger charge is -2.21. The topological polar surface area (TPSA) is 66.4 Å². The van der Waals surface area contributed by atoms with Crippen LogP contribution in [0, 0.1) is 17.8 Å². The molecule has 112 valence electrons. The van der Waals surface area contributed by atoms with Crippen molar-refractivity contribution in [3.8, 4) is 0 Å². The Bertz CT molecular complexity index is 587. The predicted molar refractivity (Wildman–Crippen MR) is 80.6 cm³/mol. The Morgan fingerprint density at radius 2 is 2.10 bits per heavy atom. The van der Waals surface area contributed by atoms with Crippen molar-refractivity contribution < 1.29 is 14.7 Å². The molecule has 2 aliphatic carbocycles. The number of carbonyl (C=O) groups is 2. The minimum Gasteiger partial charge on any atom is -0.478 e. The van der Waals surface area contributed by atoms with Crippen LogP contribution in [0.25, 0.3) is 0 Å².